The number of hydrogen-bond donors (Lipinski definition) is 0. The van der Waals surface area contributed by atoms with E-state index in [4.69, 9.17) is 0 Å². The molecule has 1 nitrogen and oxygen atoms in total. The summed E-state index contributed by atoms with van der Waals surface area (Å²) in [4.78, 5) is 4.16. The Morgan fingerprint density at radius 2 is 2.33 bits per heavy atom. The minimum atomic E-state index is 0.464. The van der Waals surface area contributed by atoms with E-state index in [9.17, 15) is 0 Å². The van der Waals surface area contributed by atoms with Gasteiger partial charge in [0.15, 0.2) is 0 Å². The fourth-order valence-corrected chi connectivity index (χ4v) is 0.842. The Hall–Kier alpha value is -0.420. The molecule has 0 bridgehead atoms. The van der Waals surface area contributed by atoms with Crippen molar-refractivity contribution >= 4 is 9.24 Å². The summed E-state index contributed by atoms with van der Waals surface area (Å²) in [5.41, 5.74) is 1.59. The Morgan fingerprint density at radius 3 is 2.67 bits per heavy atom. The van der Waals surface area contributed by atoms with Crippen molar-refractivity contribution in [2.45, 2.75) is 12.6 Å². The maximum absolute atomic E-state index is 4.16. The smallest absolute Gasteiger partial charge is 0.0469 e. The van der Waals surface area contributed by atoms with E-state index in [1.807, 2.05) is 24.4 Å². The van der Waals surface area contributed by atoms with Gasteiger partial charge in [0.25, 0.3) is 0 Å². The first-order chi connectivity index (χ1) is 4.30. The zero-order valence-electron chi connectivity index (χ0n) is 5.41. The molecule has 48 valence electrons. The van der Waals surface area contributed by atoms with Crippen molar-refractivity contribution in [3.63, 3.8) is 0 Å². The first-order valence-corrected chi connectivity index (χ1v) is 3.64. The van der Waals surface area contributed by atoms with Crippen LogP contribution < -0.4 is 0 Å². The Kier molecular flexibility index (Phi) is 2.18. The third kappa shape index (κ3) is 1.76. The second-order valence-corrected chi connectivity index (χ2v) is 3.04. The average molecular weight is 139 g/mol. The molecule has 0 fully saturated rings. The normalized spacial score (nSPS) is 13.1. The maximum atomic E-state index is 4.16. The summed E-state index contributed by atoms with van der Waals surface area (Å²) in [6.07, 6.45) is 1.82. The number of hydrogen-bond acceptors (Lipinski definition) is 1. The molecule has 0 aliphatic rings. The molecule has 2 heteroatoms. The molecule has 1 aromatic rings. The van der Waals surface area contributed by atoms with E-state index in [1.54, 1.807) is 0 Å². The van der Waals surface area contributed by atoms with Gasteiger partial charge in [-0.25, -0.2) is 0 Å². The van der Waals surface area contributed by atoms with E-state index in [0.717, 1.165) is 5.69 Å². The van der Waals surface area contributed by atoms with Crippen LogP contribution in [-0.4, -0.2) is 4.98 Å². The summed E-state index contributed by atoms with van der Waals surface area (Å²) in [7, 11) is 2.71. The van der Waals surface area contributed by atoms with Crippen LogP contribution in [0.15, 0.2) is 24.4 Å². The molecule has 0 amide bonds. The number of rotatable bonds is 1. The summed E-state index contributed by atoms with van der Waals surface area (Å²) in [5, 5.41) is 0. The number of nitrogens with zero attached hydrogens (tertiary/aromatic N) is 1. The van der Waals surface area contributed by atoms with Gasteiger partial charge in [0, 0.05) is 17.5 Å². The van der Waals surface area contributed by atoms with Crippen LogP contribution in [0.25, 0.3) is 0 Å². The Labute approximate surface area is 57.7 Å². The van der Waals surface area contributed by atoms with Crippen molar-refractivity contribution in [3.05, 3.63) is 30.1 Å². The molecular formula is C7H10NP. The van der Waals surface area contributed by atoms with Crippen LogP contribution in [0.5, 0.6) is 0 Å². The fraction of sp³-hybridized carbons (Fsp3) is 0.286. The van der Waals surface area contributed by atoms with Crippen molar-refractivity contribution in [2.75, 3.05) is 0 Å². The van der Waals surface area contributed by atoms with E-state index in [1.165, 1.54) is 0 Å². The van der Waals surface area contributed by atoms with Crippen LogP contribution >= 0.6 is 9.24 Å². The average Bonchev–Trinajstić information content (AvgIpc) is 1.90. The van der Waals surface area contributed by atoms with E-state index >= 15 is 0 Å². The quantitative estimate of drug-likeness (QED) is 0.542. The molecule has 0 saturated carbocycles. The first kappa shape index (κ1) is 6.70. The maximum Gasteiger partial charge on any atom is 0.0469 e. The third-order valence-electron chi connectivity index (χ3n) is 1.15. The van der Waals surface area contributed by atoms with Crippen molar-refractivity contribution in [1.29, 1.82) is 0 Å². The lowest BCUT2D eigenvalue weighted by atomic mass is 10.3. The third-order valence-corrected chi connectivity index (χ3v) is 1.50. The van der Waals surface area contributed by atoms with E-state index in [0.29, 0.717) is 5.66 Å². The lowest BCUT2D eigenvalue weighted by Gasteiger charge is -2.00. The minimum absolute atomic E-state index is 0.464. The standard InChI is InChI=1S/C7H10NP/c1-6(9)7-4-2-3-5-8-7/h2-6H,9H2,1H3. The Morgan fingerprint density at radius 1 is 1.56 bits per heavy atom. The minimum Gasteiger partial charge on any atom is -0.261 e. The molecule has 9 heavy (non-hydrogen) atoms. The van der Waals surface area contributed by atoms with E-state index < -0.39 is 0 Å². The second-order valence-electron chi connectivity index (χ2n) is 2.04. The van der Waals surface area contributed by atoms with Gasteiger partial charge in [-0.05, 0) is 12.1 Å². The van der Waals surface area contributed by atoms with E-state index in [-0.39, 0.29) is 0 Å². The fourth-order valence-electron chi connectivity index (χ4n) is 0.645. The van der Waals surface area contributed by atoms with Gasteiger partial charge in [-0.15, -0.1) is 9.24 Å². The van der Waals surface area contributed by atoms with Gasteiger partial charge in [-0.3, -0.25) is 4.98 Å². The van der Waals surface area contributed by atoms with Crippen LogP contribution in [0, 0.1) is 0 Å². The highest BCUT2D eigenvalue weighted by atomic mass is 31.0. The highest BCUT2D eigenvalue weighted by Crippen LogP contribution is 2.17. The summed E-state index contributed by atoms with van der Waals surface area (Å²) in [6.45, 7) is 2.10. The number of pyridine rings is 1. The van der Waals surface area contributed by atoms with Gasteiger partial charge in [-0.1, -0.05) is 13.0 Å². The molecule has 1 heterocycles. The van der Waals surface area contributed by atoms with Gasteiger partial charge in [0.1, 0.15) is 0 Å². The van der Waals surface area contributed by atoms with Crippen molar-refractivity contribution in [3.8, 4) is 0 Å². The molecule has 0 aliphatic heterocycles. The lowest BCUT2D eigenvalue weighted by molar-refractivity contribution is 1.01. The monoisotopic (exact) mass is 139 g/mol. The van der Waals surface area contributed by atoms with Crippen molar-refractivity contribution < 1.29 is 0 Å². The predicted octanol–water partition coefficient (Wildman–Crippen LogP) is 2.02. The summed E-state index contributed by atoms with van der Waals surface area (Å²) in [6, 6.07) is 5.96. The van der Waals surface area contributed by atoms with Crippen LogP contribution in [-0.2, 0) is 0 Å². The molecular weight excluding hydrogens is 129 g/mol. The van der Waals surface area contributed by atoms with Crippen LogP contribution in [0.2, 0.25) is 0 Å². The van der Waals surface area contributed by atoms with Gasteiger partial charge in [0.2, 0.25) is 0 Å². The summed E-state index contributed by atoms with van der Waals surface area (Å²) in [5.74, 6) is 0. The van der Waals surface area contributed by atoms with E-state index in [2.05, 4.69) is 21.1 Å². The highest BCUT2D eigenvalue weighted by molar-refractivity contribution is 7.17. The SMILES string of the molecule is CC(P)c1ccccn1. The Bertz CT molecular complexity index is 172. The molecule has 1 aromatic heterocycles. The van der Waals surface area contributed by atoms with Crippen LogP contribution in [0.3, 0.4) is 0 Å². The van der Waals surface area contributed by atoms with Gasteiger partial charge in [-0.2, -0.15) is 0 Å². The molecule has 0 saturated heterocycles. The summed E-state index contributed by atoms with van der Waals surface area (Å²) < 4.78 is 0. The highest BCUT2D eigenvalue weighted by Gasteiger charge is 1.95. The summed E-state index contributed by atoms with van der Waals surface area (Å²) >= 11 is 0. The molecule has 0 N–H and O–H groups in total. The molecule has 0 aromatic carbocycles. The van der Waals surface area contributed by atoms with Crippen LogP contribution in [0.1, 0.15) is 18.3 Å². The molecule has 0 radical (unpaired) electrons. The molecule has 2 unspecified atom stereocenters. The van der Waals surface area contributed by atoms with Crippen molar-refractivity contribution in [2.24, 2.45) is 0 Å². The zero-order chi connectivity index (χ0) is 6.69. The zero-order valence-corrected chi connectivity index (χ0v) is 6.57. The number of aromatic nitrogens is 1. The van der Waals surface area contributed by atoms with Gasteiger partial charge >= 0.3 is 0 Å². The molecule has 2 atom stereocenters. The van der Waals surface area contributed by atoms with Crippen molar-refractivity contribution in [1.82, 2.24) is 4.98 Å². The molecule has 0 aliphatic carbocycles. The largest absolute Gasteiger partial charge is 0.261 e. The topological polar surface area (TPSA) is 12.9 Å². The van der Waals surface area contributed by atoms with Gasteiger partial charge in [0.05, 0.1) is 0 Å². The molecule has 0 spiro atoms. The first-order valence-electron chi connectivity index (χ1n) is 2.97. The predicted molar refractivity (Wildman–Crippen MR) is 42.4 cm³/mol. The lowest BCUT2D eigenvalue weighted by Crippen LogP contribution is -1.85. The Balaban J connectivity index is 2.85. The molecule has 1 rings (SSSR count). The second kappa shape index (κ2) is 2.93. The van der Waals surface area contributed by atoms with Crippen LogP contribution in [0.4, 0.5) is 0 Å². The van der Waals surface area contributed by atoms with Gasteiger partial charge < -0.3 is 0 Å².